The first kappa shape index (κ1) is 16.6. The molecule has 26 heavy (non-hydrogen) atoms. The predicted octanol–water partition coefficient (Wildman–Crippen LogP) is 3.66. The minimum atomic E-state index is 0.319. The average molecular weight is 346 g/mol. The van der Waals surface area contributed by atoms with E-state index in [1.807, 2.05) is 13.0 Å². The lowest BCUT2D eigenvalue weighted by Crippen LogP contribution is -2.24. The van der Waals surface area contributed by atoms with E-state index in [4.69, 9.17) is 4.98 Å². The van der Waals surface area contributed by atoms with E-state index in [0.717, 1.165) is 36.8 Å². The Morgan fingerprint density at radius 3 is 2.81 bits per heavy atom. The third kappa shape index (κ3) is 3.86. The van der Waals surface area contributed by atoms with Gasteiger partial charge in [0, 0.05) is 25.0 Å². The highest BCUT2D eigenvalue weighted by molar-refractivity contribution is 5.50. The van der Waals surface area contributed by atoms with Gasteiger partial charge in [0.2, 0.25) is 0 Å². The van der Waals surface area contributed by atoms with E-state index >= 15 is 0 Å². The predicted molar refractivity (Wildman–Crippen MR) is 101 cm³/mol. The third-order valence-corrected chi connectivity index (χ3v) is 4.61. The van der Waals surface area contributed by atoms with Crippen LogP contribution in [0.5, 0.6) is 0 Å². The molecule has 1 fully saturated rings. The van der Waals surface area contributed by atoms with Gasteiger partial charge in [-0.2, -0.15) is 0 Å². The Bertz CT molecular complexity index is 853. The molecule has 2 aromatic heterocycles. The summed E-state index contributed by atoms with van der Waals surface area (Å²) in [4.78, 5) is 20.1. The molecule has 1 atom stereocenters. The van der Waals surface area contributed by atoms with Gasteiger partial charge < -0.3 is 5.32 Å². The smallest absolute Gasteiger partial charge is 0.150 e. The van der Waals surface area contributed by atoms with E-state index in [9.17, 15) is 0 Å². The molecule has 132 valence electrons. The summed E-state index contributed by atoms with van der Waals surface area (Å²) in [5.74, 6) is 2.21. The molecule has 3 heterocycles. The fourth-order valence-corrected chi connectivity index (χ4v) is 3.49. The maximum atomic E-state index is 4.72. The molecule has 0 aliphatic carbocycles. The van der Waals surface area contributed by atoms with Gasteiger partial charge in [0.05, 0.1) is 17.9 Å². The molecule has 1 saturated heterocycles. The van der Waals surface area contributed by atoms with Crippen molar-refractivity contribution in [2.24, 2.45) is 0 Å². The van der Waals surface area contributed by atoms with Crippen LogP contribution in [0.2, 0.25) is 0 Å². The number of likely N-dealkylation sites (tertiary alicyclic amines) is 1. The van der Waals surface area contributed by atoms with Crippen LogP contribution < -0.4 is 5.32 Å². The molecule has 1 aliphatic heterocycles. The number of nitrogens with one attached hydrogen (secondary N) is 1. The Labute approximate surface area is 153 Å². The molecule has 0 radical (unpaired) electrons. The largest absolute Gasteiger partial charge is 0.324 e. The van der Waals surface area contributed by atoms with E-state index in [0.29, 0.717) is 11.9 Å². The molecule has 1 aliphatic rings. The topological polar surface area (TPSA) is 66.8 Å². The van der Waals surface area contributed by atoms with E-state index in [1.165, 1.54) is 12.0 Å². The van der Waals surface area contributed by atoms with Crippen molar-refractivity contribution in [3.05, 3.63) is 72.1 Å². The number of aryl methyl sites for hydroxylation is 1. The van der Waals surface area contributed by atoms with E-state index in [2.05, 4.69) is 55.5 Å². The number of hydrogen-bond acceptors (Lipinski definition) is 6. The molecule has 0 saturated carbocycles. The van der Waals surface area contributed by atoms with E-state index in [1.54, 1.807) is 18.6 Å². The maximum absolute atomic E-state index is 4.72. The Hall–Kier alpha value is -2.86. The van der Waals surface area contributed by atoms with Crippen molar-refractivity contribution >= 4 is 11.6 Å². The average Bonchev–Trinajstić information content (AvgIpc) is 3.11. The van der Waals surface area contributed by atoms with Crippen LogP contribution in [0.15, 0.2) is 55.0 Å². The monoisotopic (exact) mass is 346 g/mol. The summed E-state index contributed by atoms with van der Waals surface area (Å²) >= 11 is 0. The van der Waals surface area contributed by atoms with Crippen molar-refractivity contribution in [3.63, 3.8) is 0 Å². The summed E-state index contributed by atoms with van der Waals surface area (Å²) in [7, 11) is 0. The molecule has 1 N–H and O–H groups in total. The van der Waals surface area contributed by atoms with Crippen molar-refractivity contribution in [2.45, 2.75) is 32.4 Å². The number of benzene rings is 1. The minimum absolute atomic E-state index is 0.319. The van der Waals surface area contributed by atoms with Gasteiger partial charge in [0.25, 0.3) is 0 Å². The molecule has 4 rings (SSSR count). The zero-order chi connectivity index (χ0) is 17.8. The van der Waals surface area contributed by atoms with E-state index < -0.39 is 0 Å². The SMILES string of the molecule is Cc1nc(Nc2cnccn2)cc([C@@H]2CCCN2Cc2ccccc2)n1. The van der Waals surface area contributed by atoms with Crippen molar-refractivity contribution in [1.29, 1.82) is 0 Å². The maximum Gasteiger partial charge on any atom is 0.150 e. The summed E-state index contributed by atoms with van der Waals surface area (Å²) in [5.41, 5.74) is 2.40. The van der Waals surface area contributed by atoms with Crippen LogP contribution in [-0.4, -0.2) is 31.4 Å². The van der Waals surface area contributed by atoms with Crippen LogP contribution >= 0.6 is 0 Å². The molecule has 0 amide bonds. The van der Waals surface area contributed by atoms with Crippen LogP contribution in [0.25, 0.3) is 0 Å². The van der Waals surface area contributed by atoms with Crippen LogP contribution in [-0.2, 0) is 6.54 Å². The van der Waals surface area contributed by atoms with E-state index in [-0.39, 0.29) is 0 Å². The zero-order valence-corrected chi connectivity index (χ0v) is 14.8. The van der Waals surface area contributed by atoms with Gasteiger partial charge in [-0.05, 0) is 31.9 Å². The number of hydrogen-bond donors (Lipinski definition) is 1. The first-order chi connectivity index (χ1) is 12.8. The molecule has 6 heteroatoms. The fourth-order valence-electron chi connectivity index (χ4n) is 3.49. The van der Waals surface area contributed by atoms with Gasteiger partial charge in [0.1, 0.15) is 17.5 Å². The van der Waals surface area contributed by atoms with Gasteiger partial charge in [-0.1, -0.05) is 30.3 Å². The lowest BCUT2D eigenvalue weighted by Gasteiger charge is -2.24. The second kappa shape index (κ2) is 7.58. The normalized spacial score (nSPS) is 17.3. The van der Waals surface area contributed by atoms with Crippen LogP contribution in [0.1, 0.15) is 36.0 Å². The quantitative estimate of drug-likeness (QED) is 0.760. The van der Waals surface area contributed by atoms with Crippen molar-refractivity contribution in [1.82, 2.24) is 24.8 Å². The van der Waals surface area contributed by atoms with Crippen LogP contribution in [0.4, 0.5) is 11.6 Å². The number of aromatic nitrogens is 4. The molecule has 6 nitrogen and oxygen atoms in total. The van der Waals surface area contributed by atoms with Crippen LogP contribution in [0, 0.1) is 6.92 Å². The molecule has 1 aromatic carbocycles. The Balaban J connectivity index is 1.56. The summed E-state index contributed by atoms with van der Waals surface area (Å²) in [6.07, 6.45) is 7.31. The van der Waals surface area contributed by atoms with Gasteiger partial charge in [-0.15, -0.1) is 0 Å². The minimum Gasteiger partial charge on any atom is -0.324 e. The molecular formula is C20H22N6. The summed E-state index contributed by atoms with van der Waals surface area (Å²) < 4.78 is 0. The number of nitrogens with zero attached hydrogens (tertiary/aromatic N) is 5. The van der Waals surface area contributed by atoms with Gasteiger partial charge in [0.15, 0.2) is 0 Å². The van der Waals surface area contributed by atoms with Crippen molar-refractivity contribution in [2.75, 3.05) is 11.9 Å². The third-order valence-electron chi connectivity index (χ3n) is 4.61. The molecular weight excluding hydrogens is 324 g/mol. The zero-order valence-electron chi connectivity index (χ0n) is 14.8. The molecule has 3 aromatic rings. The summed E-state index contributed by atoms with van der Waals surface area (Å²) in [6.45, 7) is 3.97. The molecule has 0 spiro atoms. The molecule has 0 unspecified atom stereocenters. The standard InChI is InChI=1S/C20H22N6/c1-15-23-17(12-19(24-15)25-20-13-21-9-10-22-20)18-8-5-11-26(18)14-16-6-3-2-4-7-16/h2-4,6-7,9-10,12-13,18H,5,8,11,14H2,1H3,(H,22,23,24,25)/t18-/m0/s1. The number of rotatable bonds is 5. The van der Waals surface area contributed by atoms with Crippen molar-refractivity contribution < 1.29 is 0 Å². The Kier molecular flexibility index (Phi) is 4.84. The summed E-state index contributed by atoms with van der Waals surface area (Å²) in [6, 6.07) is 13.0. The van der Waals surface area contributed by atoms with Gasteiger partial charge in [-0.3, -0.25) is 9.88 Å². The second-order valence-electron chi connectivity index (χ2n) is 6.56. The van der Waals surface area contributed by atoms with Crippen molar-refractivity contribution in [3.8, 4) is 0 Å². The summed E-state index contributed by atoms with van der Waals surface area (Å²) in [5, 5.41) is 3.23. The fraction of sp³-hybridized carbons (Fsp3) is 0.300. The Morgan fingerprint density at radius 2 is 2.00 bits per heavy atom. The van der Waals surface area contributed by atoms with Gasteiger partial charge >= 0.3 is 0 Å². The highest BCUT2D eigenvalue weighted by Gasteiger charge is 2.27. The highest BCUT2D eigenvalue weighted by atomic mass is 15.2. The number of anilines is 2. The highest BCUT2D eigenvalue weighted by Crippen LogP contribution is 2.33. The lowest BCUT2D eigenvalue weighted by atomic mass is 10.1. The first-order valence-electron chi connectivity index (χ1n) is 8.94. The first-order valence-corrected chi connectivity index (χ1v) is 8.94. The molecule has 0 bridgehead atoms. The van der Waals surface area contributed by atoms with Crippen LogP contribution in [0.3, 0.4) is 0 Å². The Morgan fingerprint density at radius 1 is 1.12 bits per heavy atom. The van der Waals surface area contributed by atoms with Gasteiger partial charge in [-0.25, -0.2) is 15.0 Å². The lowest BCUT2D eigenvalue weighted by molar-refractivity contribution is 0.244. The second-order valence-corrected chi connectivity index (χ2v) is 6.56.